The van der Waals surface area contributed by atoms with Gasteiger partial charge in [-0.15, -0.1) is 0 Å². The summed E-state index contributed by atoms with van der Waals surface area (Å²) in [5.41, 5.74) is 0.464. The molecule has 19 heavy (non-hydrogen) atoms. The molecule has 0 fully saturated rings. The Morgan fingerprint density at radius 3 is 2.68 bits per heavy atom. The fourth-order valence-electron chi connectivity index (χ4n) is 1.47. The van der Waals surface area contributed by atoms with Crippen molar-refractivity contribution < 1.29 is 14.0 Å². The maximum atomic E-state index is 6.02. The zero-order chi connectivity index (χ0) is 13.7. The fraction of sp³-hybridized carbons (Fsp3) is 0.417. The number of halogens is 1. The van der Waals surface area contributed by atoms with Gasteiger partial charge >= 0.3 is 0 Å². The second kappa shape index (κ2) is 6.60. The molecule has 0 atom stereocenters. The molecule has 0 aromatic carbocycles. The van der Waals surface area contributed by atoms with E-state index in [-0.39, 0.29) is 5.89 Å². The summed E-state index contributed by atoms with van der Waals surface area (Å²) in [5.74, 6) is 0.561. The molecule has 0 spiro atoms. The molecule has 2 rings (SSSR count). The van der Waals surface area contributed by atoms with E-state index in [1.54, 1.807) is 18.3 Å². The quantitative estimate of drug-likeness (QED) is 0.759. The number of hydrogen-bond donors (Lipinski definition) is 0. The third-order valence-corrected chi connectivity index (χ3v) is 2.55. The van der Waals surface area contributed by atoms with E-state index in [0.29, 0.717) is 29.8 Å². The lowest BCUT2D eigenvalue weighted by molar-refractivity contribution is -0.155. The van der Waals surface area contributed by atoms with Crippen molar-refractivity contribution in [3.8, 4) is 11.5 Å². The van der Waals surface area contributed by atoms with E-state index < -0.39 is 6.29 Å². The van der Waals surface area contributed by atoms with E-state index in [4.69, 9.17) is 25.6 Å². The highest BCUT2D eigenvalue weighted by molar-refractivity contribution is 6.32. The third-order valence-electron chi connectivity index (χ3n) is 2.25. The second-order valence-electron chi connectivity index (χ2n) is 3.53. The Kier molecular flexibility index (Phi) is 4.84. The Morgan fingerprint density at radius 2 is 2.05 bits per heavy atom. The molecule has 0 aliphatic carbocycles. The summed E-state index contributed by atoms with van der Waals surface area (Å²) >= 11 is 6.02. The number of pyridine rings is 1. The minimum atomic E-state index is -0.668. The SMILES string of the molecule is CCOC(OCC)c1nc(-c2ncccc2Cl)no1. The summed E-state index contributed by atoms with van der Waals surface area (Å²) in [6.07, 6.45) is 0.943. The van der Waals surface area contributed by atoms with Gasteiger partial charge in [0.2, 0.25) is 12.1 Å². The molecular weight excluding hydrogens is 270 g/mol. The van der Waals surface area contributed by atoms with E-state index in [1.165, 1.54) is 0 Å². The first kappa shape index (κ1) is 13.9. The lowest BCUT2D eigenvalue weighted by atomic mass is 10.3. The van der Waals surface area contributed by atoms with Crippen LogP contribution in [-0.4, -0.2) is 28.3 Å². The van der Waals surface area contributed by atoms with Crippen LogP contribution in [0.25, 0.3) is 11.5 Å². The Bertz CT molecular complexity index is 526. The van der Waals surface area contributed by atoms with Crippen LogP contribution >= 0.6 is 11.6 Å². The molecule has 2 aromatic rings. The van der Waals surface area contributed by atoms with Gasteiger partial charge in [-0.3, -0.25) is 4.98 Å². The van der Waals surface area contributed by atoms with Crippen molar-refractivity contribution in [2.45, 2.75) is 20.1 Å². The van der Waals surface area contributed by atoms with Gasteiger partial charge in [0.15, 0.2) is 0 Å². The summed E-state index contributed by atoms with van der Waals surface area (Å²) in [6.45, 7) is 4.68. The molecule has 0 radical (unpaired) electrons. The lowest BCUT2D eigenvalue weighted by Gasteiger charge is -2.11. The molecule has 0 saturated carbocycles. The summed E-state index contributed by atoms with van der Waals surface area (Å²) < 4.78 is 15.9. The van der Waals surface area contributed by atoms with Crippen molar-refractivity contribution in [2.75, 3.05) is 13.2 Å². The molecule has 0 aliphatic rings. The van der Waals surface area contributed by atoms with Gasteiger partial charge < -0.3 is 14.0 Å². The summed E-state index contributed by atoms with van der Waals surface area (Å²) in [4.78, 5) is 8.32. The van der Waals surface area contributed by atoms with Crippen molar-refractivity contribution >= 4 is 11.6 Å². The summed E-state index contributed by atoms with van der Waals surface area (Å²) in [7, 11) is 0. The van der Waals surface area contributed by atoms with Crippen LogP contribution < -0.4 is 0 Å². The predicted molar refractivity (Wildman–Crippen MR) is 68.5 cm³/mol. The summed E-state index contributed by atoms with van der Waals surface area (Å²) in [6, 6.07) is 3.44. The summed E-state index contributed by atoms with van der Waals surface area (Å²) in [5, 5.41) is 4.30. The highest BCUT2D eigenvalue weighted by Gasteiger charge is 2.21. The number of aromatic nitrogens is 3. The Balaban J connectivity index is 2.25. The first-order valence-electron chi connectivity index (χ1n) is 5.94. The second-order valence-corrected chi connectivity index (χ2v) is 3.94. The van der Waals surface area contributed by atoms with Crippen LogP contribution in [0.4, 0.5) is 0 Å². The molecule has 0 unspecified atom stereocenters. The van der Waals surface area contributed by atoms with Gasteiger partial charge in [-0.05, 0) is 26.0 Å². The van der Waals surface area contributed by atoms with E-state index in [2.05, 4.69) is 15.1 Å². The molecule has 2 aromatic heterocycles. The van der Waals surface area contributed by atoms with Crippen LogP contribution in [-0.2, 0) is 9.47 Å². The highest BCUT2D eigenvalue weighted by Crippen LogP contribution is 2.25. The molecule has 6 nitrogen and oxygen atoms in total. The van der Waals surface area contributed by atoms with Crippen molar-refractivity contribution in [1.82, 2.24) is 15.1 Å². The largest absolute Gasteiger partial charge is 0.345 e. The number of ether oxygens (including phenoxy) is 2. The molecule has 0 bridgehead atoms. The highest BCUT2D eigenvalue weighted by atomic mass is 35.5. The van der Waals surface area contributed by atoms with E-state index in [1.807, 2.05) is 13.8 Å². The molecule has 0 saturated heterocycles. The third kappa shape index (κ3) is 3.28. The standard InChI is InChI=1S/C12H14ClN3O3/c1-3-17-12(18-4-2)11-15-10(16-19-11)9-8(13)6-5-7-14-9/h5-7,12H,3-4H2,1-2H3. The molecule has 0 N–H and O–H groups in total. The van der Waals surface area contributed by atoms with E-state index >= 15 is 0 Å². The van der Waals surface area contributed by atoms with Crippen LogP contribution in [0, 0.1) is 0 Å². The number of nitrogens with zero attached hydrogens (tertiary/aromatic N) is 3. The van der Waals surface area contributed by atoms with Gasteiger partial charge in [0.05, 0.1) is 5.02 Å². The van der Waals surface area contributed by atoms with Crippen molar-refractivity contribution in [2.24, 2.45) is 0 Å². The van der Waals surface area contributed by atoms with Gasteiger partial charge in [-0.2, -0.15) is 4.98 Å². The number of hydrogen-bond acceptors (Lipinski definition) is 6. The van der Waals surface area contributed by atoms with E-state index in [0.717, 1.165) is 0 Å². The first-order chi connectivity index (χ1) is 9.26. The van der Waals surface area contributed by atoms with Crippen molar-refractivity contribution in [3.05, 3.63) is 29.2 Å². The monoisotopic (exact) mass is 283 g/mol. The van der Waals surface area contributed by atoms with Gasteiger partial charge in [0.25, 0.3) is 5.89 Å². The Morgan fingerprint density at radius 1 is 1.32 bits per heavy atom. The molecule has 2 heterocycles. The van der Waals surface area contributed by atoms with Gasteiger partial charge in [-0.25, -0.2) is 0 Å². The van der Waals surface area contributed by atoms with Crippen LogP contribution in [0.15, 0.2) is 22.9 Å². The van der Waals surface area contributed by atoms with Crippen LogP contribution in [0.5, 0.6) is 0 Å². The Hall–Kier alpha value is -1.50. The van der Waals surface area contributed by atoms with Gasteiger partial charge in [0, 0.05) is 19.4 Å². The molecule has 0 aliphatic heterocycles. The average Bonchev–Trinajstić information content (AvgIpc) is 2.88. The Labute approximate surface area is 115 Å². The smallest absolute Gasteiger partial charge is 0.284 e. The van der Waals surface area contributed by atoms with E-state index in [9.17, 15) is 0 Å². The normalized spacial score (nSPS) is 11.2. The minimum Gasteiger partial charge on any atom is -0.345 e. The zero-order valence-electron chi connectivity index (χ0n) is 10.7. The maximum Gasteiger partial charge on any atom is 0.284 e. The van der Waals surface area contributed by atoms with Crippen molar-refractivity contribution in [3.63, 3.8) is 0 Å². The maximum absolute atomic E-state index is 6.02. The van der Waals surface area contributed by atoms with Crippen molar-refractivity contribution in [1.29, 1.82) is 0 Å². The molecule has 7 heteroatoms. The van der Waals surface area contributed by atoms with Gasteiger partial charge in [0.1, 0.15) is 5.69 Å². The fourth-order valence-corrected chi connectivity index (χ4v) is 1.68. The average molecular weight is 284 g/mol. The molecular formula is C12H14ClN3O3. The zero-order valence-corrected chi connectivity index (χ0v) is 11.4. The topological polar surface area (TPSA) is 70.3 Å². The van der Waals surface area contributed by atoms with Crippen LogP contribution in [0.1, 0.15) is 26.0 Å². The molecule has 102 valence electrons. The molecule has 0 amide bonds. The van der Waals surface area contributed by atoms with Crippen LogP contribution in [0.3, 0.4) is 0 Å². The first-order valence-corrected chi connectivity index (χ1v) is 6.31. The van der Waals surface area contributed by atoms with Crippen LogP contribution in [0.2, 0.25) is 5.02 Å². The lowest BCUT2D eigenvalue weighted by Crippen LogP contribution is -2.09. The predicted octanol–water partition coefficient (Wildman–Crippen LogP) is 2.86. The number of rotatable bonds is 6. The minimum absolute atomic E-state index is 0.250. The van der Waals surface area contributed by atoms with Gasteiger partial charge in [-0.1, -0.05) is 16.8 Å².